The van der Waals surface area contributed by atoms with Crippen LogP contribution >= 0.6 is 11.8 Å². The van der Waals surface area contributed by atoms with E-state index in [0.717, 1.165) is 17.8 Å². The minimum absolute atomic E-state index is 0.316. The molecule has 0 N–H and O–H groups in total. The number of hydrogen-bond acceptors (Lipinski definition) is 4. The van der Waals surface area contributed by atoms with Crippen molar-refractivity contribution in [3.8, 4) is 0 Å². The number of methoxy groups -OCH3 is 1. The van der Waals surface area contributed by atoms with Gasteiger partial charge in [0.05, 0.1) is 18.8 Å². The lowest BCUT2D eigenvalue weighted by molar-refractivity contribution is 0.0592. The molecule has 2 aromatic rings. The van der Waals surface area contributed by atoms with E-state index in [1.54, 1.807) is 6.07 Å². The van der Waals surface area contributed by atoms with E-state index >= 15 is 0 Å². The van der Waals surface area contributed by atoms with Crippen molar-refractivity contribution < 1.29 is 9.53 Å². The molecule has 1 atom stereocenters. The summed E-state index contributed by atoms with van der Waals surface area (Å²) in [6, 6.07) is 5.61. The summed E-state index contributed by atoms with van der Waals surface area (Å²) in [6.07, 6.45) is 5.25. The second-order valence-electron chi connectivity index (χ2n) is 4.68. The number of pyridine rings is 1. The molecular weight excluding hydrogens is 260 g/mol. The Hall–Kier alpha value is -1.49. The molecule has 2 aromatic heterocycles. The molecule has 100 valence electrons. The number of carbonyl (C=O) groups excluding carboxylic acids is 1. The van der Waals surface area contributed by atoms with E-state index < -0.39 is 0 Å². The standard InChI is InChI=1S/C14H16N2O2S/c1-18-14(17)12-6-2-4-10-9-15-13(16(10)12)8-11-5-3-7-19-11/h2,4,6,9,11H,3,5,7-8H2,1H3. The van der Waals surface area contributed by atoms with Gasteiger partial charge in [-0.1, -0.05) is 6.07 Å². The molecule has 0 saturated carbocycles. The van der Waals surface area contributed by atoms with Gasteiger partial charge in [-0.15, -0.1) is 0 Å². The molecule has 0 aromatic carbocycles. The topological polar surface area (TPSA) is 43.6 Å². The number of nitrogens with zero attached hydrogens (tertiary/aromatic N) is 2. The Bertz CT molecular complexity index is 603. The predicted molar refractivity (Wildman–Crippen MR) is 75.7 cm³/mol. The molecule has 3 rings (SSSR count). The Kier molecular flexibility index (Phi) is 3.46. The van der Waals surface area contributed by atoms with Crippen molar-refractivity contribution in [2.75, 3.05) is 12.9 Å². The molecule has 4 nitrogen and oxygen atoms in total. The largest absolute Gasteiger partial charge is 0.464 e. The maximum Gasteiger partial charge on any atom is 0.355 e. The van der Waals surface area contributed by atoms with Crippen LogP contribution in [-0.4, -0.2) is 33.5 Å². The van der Waals surface area contributed by atoms with Gasteiger partial charge in [-0.2, -0.15) is 11.8 Å². The predicted octanol–water partition coefficient (Wildman–Crippen LogP) is 2.56. The Morgan fingerprint density at radius 2 is 2.47 bits per heavy atom. The van der Waals surface area contributed by atoms with E-state index in [1.807, 2.05) is 34.5 Å². The Morgan fingerprint density at radius 1 is 1.58 bits per heavy atom. The zero-order valence-electron chi connectivity index (χ0n) is 10.8. The van der Waals surface area contributed by atoms with Crippen molar-refractivity contribution in [3.63, 3.8) is 0 Å². The van der Waals surface area contributed by atoms with Gasteiger partial charge in [0, 0.05) is 11.7 Å². The summed E-state index contributed by atoms with van der Waals surface area (Å²) in [5.41, 5.74) is 1.50. The zero-order chi connectivity index (χ0) is 13.2. The number of esters is 1. The van der Waals surface area contributed by atoms with Gasteiger partial charge in [0.15, 0.2) is 0 Å². The second kappa shape index (κ2) is 5.25. The lowest BCUT2D eigenvalue weighted by atomic mass is 10.2. The van der Waals surface area contributed by atoms with Crippen molar-refractivity contribution >= 4 is 23.2 Å². The van der Waals surface area contributed by atoms with Crippen molar-refractivity contribution in [1.29, 1.82) is 0 Å². The van der Waals surface area contributed by atoms with Gasteiger partial charge in [0.25, 0.3) is 0 Å². The fourth-order valence-corrected chi connectivity index (χ4v) is 3.80. The maximum absolute atomic E-state index is 11.8. The SMILES string of the molecule is COC(=O)c1cccc2cnc(CC3CCCS3)n12. The van der Waals surface area contributed by atoms with Crippen LogP contribution in [0.4, 0.5) is 0 Å². The highest BCUT2D eigenvalue weighted by Crippen LogP contribution is 2.29. The molecule has 1 saturated heterocycles. The number of rotatable bonds is 3. The van der Waals surface area contributed by atoms with Crippen LogP contribution in [0.3, 0.4) is 0 Å². The first-order valence-corrected chi connectivity index (χ1v) is 7.49. The normalized spacial score (nSPS) is 18.9. The summed E-state index contributed by atoms with van der Waals surface area (Å²) in [4.78, 5) is 16.3. The molecule has 3 heterocycles. The highest BCUT2D eigenvalue weighted by Gasteiger charge is 2.20. The minimum atomic E-state index is -0.316. The average Bonchev–Trinajstić information content (AvgIpc) is 3.08. The number of imidazole rings is 1. The van der Waals surface area contributed by atoms with Gasteiger partial charge in [0.2, 0.25) is 0 Å². The number of hydrogen-bond donors (Lipinski definition) is 0. The Labute approximate surface area is 116 Å². The van der Waals surface area contributed by atoms with E-state index in [2.05, 4.69) is 4.98 Å². The summed E-state index contributed by atoms with van der Waals surface area (Å²) in [5.74, 6) is 1.87. The lowest BCUT2D eigenvalue weighted by Crippen LogP contribution is -2.12. The molecule has 1 fully saturated rings. The van der Waals surface area contributed by atoms with Gasteiger partial charge in [-0.3, -0.25) is 4.40 Å². The third kappa shape index (κ3) is 2.34. The van der Waals surface area contributed by atoms with E-state index in [4.69, 9.17) is 4.74 Å². The molecule has 0 amide bonds. The van der Waals surface area contributed by atoms with Gasteiger partial charge in [0.1, 0.15) is 11.5 Å². The van der Waals surface area contributed by atoms with Gasteiger partial charge < -0.3 is 4.74 Å². The van der Waals surface area contributed by atoms with Crippen LogP contribution in [0.25, 0.3) is 5.52 Å². The van der Waals surface area contributed by atoms with Crippen molar-refractivity contribution in [2.24, 2.45) is 0 Å². The quantitative estimate of drug-likeness (QED) is 0.808. The molecular formula is C14H16N2O2S. The van der Waals surface area contributed by atoms with Crippen molar-refractivity contribution in [2.45, 2.75) is 24.5 Å². The summed E-state index contributed by atoms with van der Waals surface area (Å²) in [6.45, 7) is 0. The first-order valence-electron chi connectivity index (χ1n) is 6.45. The molecule has 0 radical (unpaired) electrons. The molecule has 0 spiro atoms. The minimum Gasteiger partial charge on any atom is -0.464 e. The maximum atomic E-state index is 11.8. The highest BCUT2D eigenvalue weighted by molar-refractivity contribution is 8.00. The van der Waals surface area contributed by atoms with E-state index in [0.29, 0.717) is 10.9 Å². The summed E-state index contributed by atoms with van der Waals surface area (Å²) < 4.78 is 6.77. The fraction of sp³-hybridized carbons (Fsp3) is 0.429. The third-order valence-corrected chi connectivity index (χ3v) is 4.85. The van der Waals surface area contributed by atoms with Crippen LogP contribution in [-0.2, 0) is 11.2 Å². The Balaban J connectivity index is 2.01. The molecule has 0 aliphatic carbocycles. The monoisotopic (exact) mass is 276 g/mol. The zero-order valence-corrected chi connectivity index (χ0v) is 11.7. The van der Waals surface area contributed by atoms with Crippen LogP contribution in [0.2, 0.25) is 0 Å². The smallest absolute Gasteiger partial charge is 0.355 e. The van der Waals surface area contributed by atoms with E-state index in [9.17, 15) is 4.79 Å². The highest BCUT2D eigenvalue weighted by atomic mass is 32.2. The van der Waals surface area contributed by atoms with Crippen LogP contribution in [0.1, 0.15) is 29.2 Å². The number of ether oxygens (including phenoxy) is 1. The molecule has 1 unspecified atom stereocenters. The summed E-state index contributed by atoms with van der Waals surface area (Å²) in [5, 5.41) is 0.622. The van der Waals surface area contributed by atoms with E-state index in [-0.39, 0.29) is 5.97 Å². The van der Waals surface area contributed by atoms with Gasteiger partial charge in [-0.05, 0) is 30.7 Å². The molecule has 5 heteroatoms. The molecule has 1 aliphatic rings. The first kappa shape index (κ1) is 12.5. The van der Waals surface area contributed by atoms with Gasteiger partial charge in [-0.25, -0.2) is 9.78 Å². The van der Waals surface area contributed by atoms with Crippen molar-refractivity contribution in [3.05, 3.63) is 35.9 Å². The van der Waals surface area contributed by atoms with Crippen LogP contribution in [0.5, 0.6) is 0 Å². The number of carbonyl (C=O) groups is 1. The Morgan fingerprint density at radius 3 is 3.21 bits per heavy atom. The number of fused-ring (bicyclic) bond motifs is 1. The molecule has 19 heavy (non-hydrogen) atoms. The van der Waals surface area contributed by atoms with Crippen LogP contribution in [0, 0.1) is 0 Å². The summed E-state index contributed by atoms with van der Waals surface area (Å²) in [7, 11) is 1.41. The third-order valence-electron chi connectivity index (χ3n) is 3.45. The number of thioether (sulfide) groups is 1. The number of aromatic nitrogens is 2. The van der Waals surface area contributed by atoms with Crippen LogP contribution < -0.4 is 0 Å². The lowest BCUT2D eigenvalue weighted by Gasteiger charge is -2.10. The van der Waals surface area contributed by atoms with Gasteiger partial charge >= 0.3 is 5.97 Å². The van der Waals surface area contributed by atoms with E-state index in [1.165, 1.54) is 25.7 Å². The average molecular weight is 276 g/mol. The molecule has 0 bridgehead atoms. The first-order chi connectivity index (χ1) is 9.29. The fourth-order valence-electron chi connectivity index (χ4n) is 2.53. The van der Waals surface area contributed by atoms with Crippen LogP contribution in [0.15, 0.2) is 24.4 Å². The molecule has 1 aliphatic heterocycles. The van der Waals surface area contributed by atoms with Crippen molar-refractivity contribution in [1.82, 2.24) is 9.38 Å². The second-order valence-corrected chi connectivity index (χ2v) is 6.08. The summed E-state index contributed by atoms with van der Waals surface area (Å²) >= 11 is 2.00.